The van der Waals surface area contributed by atoms with E-state index in [1.165, 1.54) is 0 Å². The van der Waals surface area contributed by atoms with E-state index in [-0.39, 0.29) is 6.61 Å². The van der Waals surface area contributed by atoms with Crippen molar-refractivity contribution >= 4 is 45.2 Å². The van der Waals surface area contributed by atoms with Crippen LogP contribution in [0.3, 0.4) is 0 Å². The Morgan fingerprint density at radius 2 is 1.67 bits per heavy atom. The summed E-state index contributed by atoms with van der Waals surface area (Å²) < 4.78 is -0.963. The summed E-state index contributed by atoms with van der Waals surface area (Å²) in [7, 11) is 0. The summed E-state index contributed by atoms with van der Waals surface area (Å²) in [6.45, 7) is -0.200. The summed E-state index contributed by atoms with van der Waals surface area (Å²) in [6.07, 6.45) is 0. The maximum atomic E-state index is 8.55. The first-order chi connectivity index (χ1) is 2.56. The lowest BCUT2D eigenvalue weighted by molar-refractivity contribution is 0.160. The van der Waals surface area contributed by atoms with E-state index < -0.39 is 1.61 Å². The molecule has 0 aliphatic carbocycles. The average molecular weight is 314 g/mol. The summed E-state index contributed by atoms with van der Waals surface area (Å²) in [6, 6.07) is 0. The average Bonchev–Trinajstić information content (AvgIpc) is 1.35. The lowest BCUT2D eigenvalue weighted by Crippen LogP contribution is -2.13. The monoisotopic (exact) mass is 314 g/mol. The second-order valence-corrected chi connectivity index (χ2v) is 6.46. The van der Waals surface area contributed by atoms with E-state index in [9.17, 15) is 0 Å². The minimum atomic E-state index is -0.963. The number of hydrogen-bond acceptors (Lipinski definition) is 2. The highest BCUT2D eigenvalue weighted by Gasteiger charge is 2.13. The second kappa shape index (κ2) is 2.63. The van der Waals surface area contributed by atoms with Crippen LogP contribution < -0.4 is 0 Å². The maximum absolute atomic E-state index is 8.55. The third kappa shape index (κ3) is 5.38. The number of alkyl halides is 2. The van der Waals surface area contributed by atoms with E-state index in [4.69, 9.17) is 10.2 Å². The van der Waals surface area contributed by atoms with Gasteiger partial charge in [-0.1, -0.05) is 0 Å². The molecule has 0 rings (SSSR count). The molecule has 0 heterocycles. The van der Waals surface area contributed by atoms with Crippen LogP contribution in [0.5, 0.6) is 0 Å². The van der Waals surface area contributed by atoms with Gasteiger partial charge in [-0.25, -0.2) is 0 Å². The second-order valence-electron chi connectivity index (χ2n) is 0.824. The van der Waals surface area contributed by atoms with E-state index in [2.05, 4.69) is 0 Å². The fraction of sp³-hybridized carbons (Fsp3) is 1.00. The Kier molecular flexibility index (Phi) is 3.23. The van der Waals surface area contributed by atoms with Gasteiger partial charge in [0.2, 0.25) is 0 Å². The highest BCUT2D eigenvalue weighted by Crippen LogP contribution is 2.21. The molecule has 0 spiro atoms. The van der Waals surface area contributed by atoms with Crippen molar-refractivity contribution in [3.63, 3.8) is 0 Å². The third-order valence-corrected chi connectivity index (χ3v) is 0.872. The Hall–Kier alpha value is 1.38. The molecule has 2 N–H and O–H groups in total. The fourth-order valence-corrected chi connectivity index (χ4v) is 0. The molecule has 0 unspecified atom stereocenters. The summed E-state index contributed by atoms with van der Waals surface area (Å²) in [5.41, 5.74) is 0. The highest BCUT2D eigenvalue weighted by atomic mass is 127. The number of hydrogen-bond donors (Lipinski definition) is 2. The Morgan fingerprint density at radius 3 is 1.67 bits per heavy atom. The molecule has 6 heavy (non-hydrogen) atoms. The first kappa shape index (κ1) is 7.38. The zero-order valence-corrected chi connectivity index (χ0v) is 7.17. The summed E-state index contributed by atoms with van der Waals surface area (Å²) in [5, 5.41) is 16.7. The molecule has 0 fully saturated rings. The van der Waals surface area contributed by atoms with Crippen molar-refractivity contribution in [1.82, 2.24) is 0 Å². The fourth-order valence-electron chi connectivity index (χ4n) is 0. The van der Waals surface area contributed by atoms with Gasteiger partial charge in [-0.15, -0.1) is 0 Å². The normalized spacial score (nSPS) is 12.0. The van der Waals surface area contributed by atoms with E-state index in [1.807, 2.05) is 0 Å². The molecule has 4 heteroatoms. The smallest absolute Gasteiger partial charge is 0.189 e. The first-order valence-electron chi connectivity index (χ1n) is 1.27. The first-order valence-corrected chi connectivity index (χ1v) is 3.43. The molecule has 0 saturated carbocycles. The zero-order chi connectivity index (χ0) is 5.21. The maximum Gasteiger partial charge on any atom is 0.189 e. The van der Waals surface area contributed by atoms with E-state index >= 15 is 0 Å². The number of aliphatic hydroxyl groups excluding tert-OH is 1. The minimum absolute atomic E-state index is 0.200. The van der Waals surface area contributed by atoms with Crippen LogP contribution in [0.15, 0.2) is 0 Å². The zero-order valence-electron chi connectivity index (χ0n) is 2.86. The van der Waals surface area contributed by atoms with Gasteiger partial charge in [0.1, 0.15) is 0 Å². The van der Waals surface area contributed by atoms with E-state index in [1.54, 1.807) is 45.2 Å². The lowest BCUT2D eigenvalue weighted by Gasteiger charge is -2.05. The number of aliphatic hydroxyl groups is 2. The van der Waals surface area contributed by atoms with Gasteiger partial charge in [0.25, 0.3) is 0 Å². The predicted octanol–water partition coefficient (Wildman–Crippen LogP) is 0.495. The van der Waals surface area contributed by atoms with Gasteiger partial charge in [-0.05, 0) is 45.2 Å². The van der Waals surface area contributed by atoms with Crippen molar-refractivity contribution in [2.24, 2.45) is 0 Å². The Labute approximate surface area is 63.2 Å². The van der Waals surface area contributed by atoms with E-state index in [0.29, 0.717) is 0 Å². The molecular weight excluding hydrogens is 310 g/mol. The quantitative estimate of drug-likeness (QED) is 0.546. The van der Waals surface area contributed by atoms with Crippen LogP contribution in [-0.2, 0) is 0 Å². The molecule has 0 atom stereocenters. The SMILES string of the molecule is OCC(O)(I)I. The predicted molar refractivity (Wildman–Crippen MR) is 40.1 cm³/mol. The molecule has 0 aromatic heterocycles. The van der Waals surface area contributed by atoms with E-state index in [0.717, 1.165) is 0 Å². The molecule has 38 valence electrons. The van der Waals surface area contributed by atoms with Crippen molar-refractivity contribution in [3.8, 4) is 0 Å². The molecule has 0 radical (unpaired) electrons. The molecule has 0 aliphatic heterocycles. The Balaban J connectivity index is 3.17. The standard InChI is InChI=1S/C2H4I2O2/c3-2(4,6)1-5/h5-6H,1H2. The van der Waals surface area contributed by atoms with Crippen molar-refractivity contribution in [2.75, 3.05) is 6.61 Å². The van der Waals surface area contributed by atoms with Gasteiger partial charge in [-0.2, -0.15) is 0 Å². The molecule has 2 nitrogen and oxygen atoms in total. The highest BCUT2D eigenvalue weighted by molar-refractivity contribution is 14.2. The third-order valence-electron chi connectivity index (χ3n) is 0.190. The van der Waals surface area contributed by atoms with Crippen LogP contribution in [-0.4, -0.2) is 18.4 Å². The van der Waals surface area contributed by atoms with Crippen molar-refractivity contribution in [2.45, 2.75) is 1.61 Å². The van der Waals surface area contributed by atoms with Gasteiger partial charge in [0.05, 0.1) is 6.61 Å². The topological polar surface area (TPSA) is 40.5 Å². The van der Waals surface area contributed by atoms with Gasteiger partial charge >= 0.3 is 0 Å². The molecule has 0 aromatic rings. The van der Waals surface area contributed by atoms with Crippen molar-refractivity contribution in [3.05, 3.63) is 0 Å². The van der Waals surface area contributed by atoms with Crippen LogP contribution in [0.4, 0.5) is 0 Å². The van der Waals surface area contributed by atoms with Gasteiger partial charge in [0.15, 0.2) is 1.61 Å². The van der Waals surface area contributed by atoms with Crippen LogP contribution >= 0.6 is 45.2 Å². The van der Waals surface area contributed by atoms with Gasteiger partial charge < -0.3 is 10.2 Å². The Bertz CT molecular complexity index is 39.3. The van der Waals surface area contributed by atoms with Crippen LogP contribution in [0, 0.1) is 0 Å². The molecule has 0 aromatic carbocycles. The molecular formula is C2H4I2O2. The summed E-state index contributed by atoms with van der Waals surface area (Å²) in [5.74, 6) is 0. The molecule has 0 saturated heterocycles. The molecule has 0 bridgehead atoms. The number of halogens is 2. The van der Waals surface area contributed by atoms with Gasteiger partial charge in [0, 0.05) is 0 Å². The summed E-state index contributed by atoms with van der Waals surface area (Å²) >= 11 is 3.47. The van der Waals surface area contributed by atoms with Gasteiger partial charge in [-0.3, -0.25) is 0 Å². The Morgan fingerprint density at radius 1 is 1.50 bits per heavy atom. The molecule has 0 amide bonds. The largest absolute Gasteiger partial charge is 0.392 e. The van der Waals surface area contributed by atoms with Crippen LogP contribution in [0.1, 0.15) is 0 Å². The number of rotatable bonds is 1. The lowest BCUT2D eigenvalue weighted by atomic mass is 10.8. The summed E-state index contributed by atoms with van der Waals surface area (Å²) in [4.78, 5) is 0. The molecule has 0 aliphatic rings. The minimum Gasteiger partial charge on any atom is -0.392 e. The van der Waals surface area contributed by atoms with Crippen LogP contribution in [0.25, 0.3) is 0 Å². The van der Waals surface area contributed by atoms with Crippen molar-refractivity contribution in [1.29, 1.82) is 0 Å². The van der Waals surface area contributed by atoms with Crippen LogP contribution in [0.2, 0.25) is 0 Å². The van der Waals surface area contributed by atoms with Crippen molar-refractivity contribution < 1.29 is 10.2 Å².